The lowest BCUT2D eigenvalue weighted by atomic mass is 10.3. The molecule has 0 spiro atoms. The van der Waals surface area contributed by atoms with Crippen LogP contribution in [0.3, 0.4) is 0 Å². The van der Waals surface area contributed by atoms with Crippen molar-refractivity contribution < 1.29 is 13.9 Å². The molecule has 0 saturated carbocycles. The number of pyridine rings is 1. The van der Waals surface area contributed by atoms with Crippen LogP contribution < -0.4 is 15.6 Å². The number of anilines is 1. The van der Waals surface area contributed by atoms with E-state index in [2.05, 4.69) is 20.6 Å². The van der Waals surface area contributed by atoms with Gasteiger partial charge in [0.15, 0.2) is 5.82 Å². The van der Waals surface area contributed by atoms with Gasteiger partial charge < -0.3 is 4.74 Å². The molecule has 2 aromatic rings. The van der Waals surface area contributed by atoms with E-state index in [4.69, 9.17) is 23.2 Å². The van der Waals surface area contributed by atoms with Gasteiger partial charge in [-0.05, 0) is 6.07 Å². The van der Waals surface area contributed by atoms with Crippen LogP contribution in [0.2, 0.25) is 8.67 Å². The molecule has 0 aliphatic heterocycles. The molecular weight excluding hydrogens is 328 g/mol. The Morgan fingerprint density at radius 2 is 2.20 bits per heavy atom. The van der Waals surface area contributed by atoms with Gasteiger partial charge in [0.25, 0.3) is 5.91 Å². The number of rotatable bonds is 4. The van der Waals surface area contributed by atoms with Crippen LogP contribution >= 0.6 is 34.5 Å². The van der Waals surface area contributed by atoms with E-state index in [-0.39, 0.29) is 21.5 Å². The summed E-state index contributed by atoms with van der Waals surface area (Å²) in [5, 5.41) is 0. The van der Waals surface area contributed by atoms with Gasteiger partial charge in [0.1, 0.15) is 4.34 Å². The zero-order chi connectivity index (χ0) is 14.7. The van der Waals surface area contributed by atoms with E-state index < -0.39 is 11.7 Å². The van der Waals surface area contributed by atoms with Gasteiger partial charge in [-0.3, -0.25) is 15.6 Å². The van der Waals surface area contributed by atoms with Crippen molar-refractivity contribution in [2.45, 2.75) is 0 Å². The van der Waals surface area contributed by atoms with Gasteiger partial charge in [0.2, 0.25) is 5.88 Å². The number of nitrogens with one attached hydrogen (secondary N) is 2. The molecule has 0 fully saturated rings. The van der Waals surface area contributed by atoms with E-state index in [1.165, 1.54) is 19.4 Å². The van der Waals surface area contributed by atoms with Gasteiger partial charge in [-0.25, -0.2) is 9.37 Å². The van der Waals surface area contributed by atoms with Crippen LogP contribution in [0.5, 0.6) is 5.88 Å². The second-order valence-electron chi connectivity index (χ2n) is 3.53. The first kappa shape index (κ1) is 14.8. The zero-order valence-electron chi connectivity index (χ0n) is 10.0. The van der Waals surface area contributed by atoms with Gasteiger partial charge in [0.05, 0.1) is 28.9 Å². The van der Waals surface area contributed by atoms with E-state index in [1.54, 1.807) is 0 Å². The molecule has 0 bridgehead atoms. The van der Waals surface area contributed by atoms with Crippen LogP contribution in [-0.4, -0.2) is 18.0 Å². The second-order valence-corrected chi connectivity index (χ2v) is 5.82. The molecule has 0 radical (unpaired) electrons. The Hall–Kier alpha value is -1.57. The summed E-state index contributed by atoms with van der Waals surface area (Å²) in [5.74, 6) is -1.27. The van der Waals surface area contributed by atoms with Crippen molar-refractivity contribution in [1.29, 1.82) is 0 Å². The summed E-state index contributed by atoms with van der Waals surface area (Å²) in [6.07, 6.45) is 1.31. The summed E-state index contributed by atoms with van der Waals surface area (Å²) < 4.78 is 18.7. The summed E-state index contributed by atoms with van der Waals surface area (Å²) in [5.41, 5.74) is 5.37. The smallest absolute Gasteiger partial charge is 0.272 e. The third kappa shape index (κ3) is 3.30. The van der Waals surface area contributed by atoms with Crippen molar-refractivity contribution >= 4 is 46.1 Å². The minimum Gasteiger partial charge on any atom is -0.479 e. The second kappa shape index (κ2) is 6.25. The van der Waals surface area contributed by atoms with Crippen molar-refractivity contribution in [3.8, 4) is 5.88 Å². The van der Waals surface area contributed by atoms with Crippen LogP contribution in [0.4, 0.5) is 10.1 Å². The Balaban J connectivity index is 2.03. The van der Waals surface area contributed by atoms with Crippen molar-refractivity contribution in [3.05, 3.63) is 38.4 Å². The normalized spacial score (nSPS) is 10.2. The minimum atomic E-state index is -0.650. The number of hydrazine groups is 1. The molecule has 0 aliphatic carbocycles. The van der Waals surface area contributed by atoms with Gasteiger partial charge in [-0.2, -0.15) is 0 Å². The Kier molecular flexibility index (Phi) is 4.64. The molecule has 1 amide bonds. The highest BCUT2D eigenvalue weighted by Gasteiger charge is 2.14. The molecule has 2 heterocycles. The lowest BCUT2D eigenvalue weighted by Crippen LogP contribution is -2.29. The number of hydrogen-bond donors (Lipinski definition) is 2. The van der Waals surface area contributed by atoms with Crippen molar-refractivity contribution in [2.75, 3.05) is 12.5 Å². The molecule has 20 heavy (non-hydrogen) atoms. The highest BCUT2D eigenvalue weighted by atomic mass is 35.5. The number of thiophene rings is 1. The Morgan fingerprint density at radius 1 is 1.45 bits per heavy atom. The fraction of sp³-hybridized carbons (Fsp3) is 0.0909. The fourth-order valence-electron chi connectivity index (χ4n) is 1.34. The van der Waals surface area contributed by atoms with Crippen molar-refractivity contribution in [3.63, 3.8) is 0 Å². The minimum absolute atomic E-state index is 0.130. The van der Waals surface area contributed by atoms with Gasteiger partial charge in [-0.1, -0.05) is 23.2 Å². The molecule has 0 saturated heterocycles. The zero-order valence-corrected chi connectivity index (χ0v) is 12.4. The quantitative estimate of drug-likeness (QED) is 0.841. The molecule has 2 rings (SSSR count). The summed E-state index contributed by atoms with van der Waals surface area (Å²) in [4.78, 5) is 15.5. The first-order chi connectivity index (χ1) is 9.51. The van der Waals surface area contributed by atoms with E-state index >= 15 is 0 Å². The van der Waals surface area contributed by atoms with Gasteiger partial charge >= 0.3 is 0 Å². The average molecular weight is 336 g/mol. The summed E-state index contributed by atoms with van der Waals surface area (Å²) in [6.45, 7) is 0. The molecule has 0 aromatic carbocycles. The van der Waals surface area contributed by atoms with Crippen LogP contribution in [0.1, 0.15) is 10.4 Å². The lowest BCUT2D eigenvalue weighted by molar-refractivity contribution is 0.0963. The first-order valence-corrected chi connectivity index (χ1v) is 6.79. The fourth-order valence-corrected chi connectivity index (χ4v) is 2.79. The highest BCUT2D eigenvalue weighted by molar-refractivity contribution is 7.20. The highest BCUT2D eigenvalue weighted by Crippen LogP contribution is 2.30. The van der Waals surface area contributed by atoms with Crippen LogP contribution in [0.25, 0.3) is 0 Å². The number of methoxy groups -OCH3 is 1. The summed E-state index contributed by atoms with van der Waals surface area (Å²) in [7, 11) is 1.31. The predicted molar refractivity (Wildman–Crippen MR) is 76.2 cm³/mol. The number of ether oxygens (including phenoxy) is 1. The molecule has 0 atom stereocenters. The van der Waals surface area contributed by atoms with Crippen molar-refractivity contribution in [1.82, 2.24) is 10.4 Å². The predicted octanol–water partition coefficient (Wildman–Crippen LogP) is 3.35. The van der Waals surface area contributed by atoms with Crippen LogP contribution in [-0.2, 0) is 0 Å². The average Bonchev–Trinajstić information content (AvgIpc) is 2.75. The Labute approximate surface area is 127 Å². The van der Waals surface area contributed by atoms with Crippen molar-refractivity contribution in [2.24, 2.45) is 0 Å². The summed E-state index contributed by atoms with van der Waals surface area (Å²) in [6, 6.07) is 2.58. The number of carbonyl (C=O) groups is 1. The SMILES string of the molecule is COc1ncc(NNC(=O)c2cc(Cl)sc2Cl)cc1F. The Morgan fingerprint density at radius 3 is 2.75 bits per heavy atom. The Bertz CT molecular complexity index is 651. The topological polar surface area (TPSA) is 63.2 Å². The molecule has 2 N–H and O–H groups in total. The maximum absolute atomic E-state index is 13.4. The standard InChI is InChI=1S/C11H8Cl2FN3O2S/c1-19-11-7(14)2-5(4-15-11)16-17-10(18)6-3-8(12)20-9(6)13/h2-4,16H,1H3,(H,17,18). The molecular formula is C11H8Cl2FN3O2S. The number of hydrogen-bond acceptors (Lipinski definition) is 5. The van der Waals surface area contributed by atoms with E-state index in [0.29, 0.717) is 4.34 Å². The van der Waals surface area contributed by atoms with Gasteiger partial charge in [0, 0.05) is 6.07 Å². The third-order valence-corrected chi connectivity index (χ3v) is 3.71. The molecule has 0 aliphatic rings. The monoisotopic (exact) mass is 335 g/mol. The number of halogens is 3. The molecule has 0 unspecified atom stereocenters. The van der Waals surface area contributed by atoms with Gasteiger partial charge in [-0.15, -0.1) is 11.3 Å². The first-order valence-electron chi connectivity index (χ1n) is 5.22. The molecule has 9 heteroatoms. The van der Waals surface area contributed by atoms with E-state index in [1.807, 2.05) is 0 Å². The molecule has 2 aromatic heterocycles. The van der Waals surface area contributed by atoms with E-state index in [0.717, 1.165) is 17.4 Å². The number of amides is 1. The summed E-state index contributed by atoms with van der Waals surface area (Å²) >= 11 is 12.7. The van der Waals surface area contributed by atoms with E-state index in [9.17, 15) is 9.18 Å². The van der Waals surface area contributed by atoms with Crippen LogP contribution in [0, 0.1) is 5.82 Å². The van der Waals surface area contributed by atoms with Crippen LogP contribution in [0.15, 0.2) is 18.3 Å². The third-order valence-electron chi connectivity index (χ3n) is 2.22. The number of aromatic nitrogens is 1. The molecule has 5 nitrogen and oxygen atoms in total. The molecule has 106 valence electrons. The largest absolute Gasteiger partial charge is 0.479 e. The maximum atomic E-state index is 13.4. The number of nitrogens with zero attached hydrogens (tertiary/aromatic N) is 1. The lowest BCUT2D eigenvalue weighted by Gasteiger charge is -2.08. The maximum Gasteiger partial charge on any atom is 0.272 e. The number of carbonyl (C=O) groups excluding carboxylic acids is 1.